The zero-order valence-corrected chi connectivity index (χ0v) is 17.5. The van der Waals surface area contributed by atoms with Gasteiger partial charge in [0.1, 0.15) is 15.6 Å². The Balaban J connectivity index is 0.00000338. The Morgan fingerprint density at radius 1 is 1.22 bits per heavy atom. The fraction of sp³-hybridized carbons (Fsp3) is 0.250. The maximum Gasteiger partial charge on any atom is 0.241 e. The Kier molecular flexibility index (Phi) is 10.6. The van der Waals surface area contributed by atoms with Crippen LogP contribution in [0.15, 0.2) is 42.6 Å². The molecule has 27 heavy (non-hydrogen) atoms. The molecule has 1 aromatic heterocycles. The summed E-state index contributed by atoms with van der Waals surface area (Å²) in [4.78, 5) is 16.0. The van der Waals surface area contributed by atoms with E-state index in [0.717, 1.165) is 6.26 Å². The number of carbonyl (C=O) groups excluding carboxylic acids is 1. The zero-order chi connectivity index (χ0) is 18.4. The number of nitrogens with two attached hydrogens (primary N) is 1. The van der Waals surface area contributed by atoms with Crippen molar-refractivity contribution in [2.75, 3.05) is 17.3 Å². The van der Waals surface area contributed by atoms with Crippen molar-refractivity contribution in [3.8, 4) is 11.6 Å². The third-order valence-corrected chi connectivity index (χ3v) is 4.38. The number of carbonyl (C=O) groups is 1. The van der Waals surface area contributed by atoms with Gasteiger partial charge in [0.15, 0.2) is 0 Å². The van der Waals surface area contributed by atoms with Gasteiger partial charge in [0.2, 0.25) is 11.8 Å². The molecule has 0 spiro atoms. The summed E-state index contributed by atoms with van der Waals surface area (Å²) in [5.74, 6) is 0.345. The summed E-state index contributed by atoms with van der Waals surface area (Å²) in [6, 6.07) is 9.01. The van der Waals surface area contributed by atoms with Gasteiger partial charge in [-0.2, -0.15) is 0 Å². The van der Waals surface area contributed by atoms with Gasteiger partial charge in [0, 0.05) is 24.2 Å². The topological polar surface area (TPSA) is 111 Å². The van der Waals surface area contributed by atoms with Crippen LogP contribution >= 0.6 is 36.4 Å². The minimum Gasteiger partial charge on any atom is -0.439 e. The normalized spacial score (nSPS) is 11.5. The third-order valence-electron chi connectivity index (χ3n) is 3.18. The van der Waals surface area contributed by atoms with Gasteiger partial charge < -0.3 is 15.8 Å². The molecule has 1 amide bonds. The average Bonchev–Trinajstić information content (AvgIpc) is 2.56. The number of rotatable bonds is 7. The molecule has 0 bridgehead atoms. The Bertz CT molecular complexity index is 831. The predicted molar refractivity (Wildman–Crippen MR) is 111 cm³/mol. The van der Waals surface area contributed by atoms with Crippen LogP contribution in [0.5, 0.6) is 11.6 Å². The molecule has 0 fully saturated rings. The van der Waals surface area contributed by atoms with Crippen molar-refractivity contribution in [1.82, 2.24) is 4.98 Å². The highest BCUT2D eigenvalue weighted by atomic mass is 35.5. The lowest BCUT2D eigenvalue weighted by molar-refractivity contribution is -0.117. The van der Waals surface area contributed by atoms with Gasteiger partial charge >= 0.3 is 0 Å². The number of benzene rings is 1. The van der Waals surface area contributed by atoms with Crippen molar-refractivity contribution < 1.29 is 17.9 Å². The van der Waals surface area contributed by atoms with Crippen LogP contribution in [0.2, 0.25) is 5.02 Å². The summed E-state index contributed by atoms with van der Waals surface area (Å²) in [5, 5.41) is 3.14. The van der Waals surface area contributed by atoms with Gasteiger partial charge in [-0.15, -0.1) is 24.8 Å². The van der Waals surface area contributed by atoms with Crippen molar-refractivity contribution in [3.63, 3.8) is 0 Å². The minimum absolute atomic E-state index is 0. The number of pyridine rings is 1. The van der Waals surface area contributed by atoms with Crippen LogP contribution in [0.25, 0.3) is 0 Å². The maximum absolute atomic E-state index is 12.0. The standard InChI is InChI=1S/C16H18ClN3O4S.2ClH/c1-25(22,23)9-8-14(18)16(21)20-12-3-5-13(6-4-12)24-15-7-2-11(17)10-19-15;;/h2-7,10,14H,8-9,18H2,1H3,(H,20,21);2*1H. The molecule has 7 nitrogen and oxygen atoms in total. The number of halogens is 3. The van der Waals surface area contributed by atoms with E-state index in [-0.39, 0.29) is 37.0 Å². The summed E-state index contributed by atoms with van der Waals surface area (Å²) < 4.78 is 27.8. The van der Waals surface area contributed by atoms with Crippen LogP contribution in [0.1, 0.15) is 6.42 Å². The molecule has 0 aliphatic heterocycles. The quantitative estimate of drug-likeness (QED) is 0.662. The second-order valence-electron chi connectivity index (χ2n) is 5.46. The molecular weight excluding hydrogens is 437 g/mol. The molecule has 1 aromatic carbocycles. The maximum atomic E-state index is 12.0. The number of amides is 1. The molecule has 0 saturated heterocycles. The highest BCUT2D eigenvalue weighted by molar-refractivity contribution is 7.90. The molecule has 11 heteroatoms. The first-order chi connectivity index (χ1) is 11.7. The number of hydrogen-bond acceptors (Lipinski definition) is 6. The summed E-state index contributed by atoms with van der Waals surface area (Å²) in [6.45, 7) is 0. The smallest absolute Gasteiger partial charge is 0.241 e. The SMILES string of the molecule is CS(=O)(=O)CCC(N)C(=O)Nc1ccc(Oc2ccc(Cl)cn2)cc1.Cl.Cl. The monoisotopic (exact) mass is 455 g/mol. The summed E-state index contributed by atoms with van der Waals surface area (Å²) >= 11 is 5.75. The molecule has 1 unspecified atom stereocenters. The van der Waals surface area contributed by atoms with E-state index in [1.54, 1.807) is 36.4 Å². The highest BCUT2D eigenvalue weighted by Gasteiger charge is 2.16. The number of sulfone groups is 1. The Labute approximate surface area is 175 Å². The van der Waals surface area contributed by atoms with Crippen LogP contribution < -0.4 is 15.8 Å². The van der Waals surface area contributed by atoms with Crippen molar-refractivity contribution in [1.29, 1.82) is 0 Å². The van der Waals surface area contributed by atoms with Crippen LogP contribution in [-0.4, -0.2) is 37.4 Å². The Morgan fingerprint density at radius 3 is 2.37 bits per heavy atom. The largest absolute Gasteiger partial charge is 0.439 e. The van der Waals surface area contributed by atoms with Crippen LogP contribution in [-0.2, 0) is 14.6 Å². The number of anilines is 1. The van der Waals surface area contributed by atoms with Gasteiger partial charge in [0.25, 0.3) is 0 Å². The van der Waals surface area contributed by atoms with E-state index in [0.29, 0.717) is 22.3 Å². The molecule has 0 aliphatic rings. The van der Waals surface area contributed by atoms with E-state index in [2.05, 4.69) is 10.3 Å². The third kappa shape index (κ3) is 9.25. The lowest BCUT2D eigenvalue weighted by Gasteiger charge is -2.12. The summed E-state index contributed by atoms with van der Waals surface area (Å²) in [7, 11) is -3.15. The second kappa shape index (κ2) is 11.3. The molecule has 1 atom stereocenters. The number of nitrogens with zero attached hydrogens (tertiary/aromatic N) is 1. The number of hydrogen-bond donors (Lipinski definition) is 2. The summed E-state index contributed by atoms with van der Waals surface area (Å²) in [6.07, 6.45) is 2.64. The fourth-order valence-corrected chi connectivity index (χ4v) is 2.65. The summed E-state index contributed by atoms with van der Waals surface area (Å²) in [5.41, 5.74) is 6.22. The number of nitrogens with one attached hydrogen (secondary N) is 1. The van der Waals surface area contributed by atoms with E-state index in [1.807, 2.05) is 0 Å². The first-order valence-electron chi connectivity index (χ1n) is 7.36. The molecule has 0 radical (unpaired) electrons. The van der Waals surface area contributed by atoms with Gasteiger partial charge in [-0.25, -0.2) is 13.4 Å². The zero-order valence-electron chi connectivity index (χ0n) is 14.3. The van der Waals surface area contributed by atoms with E-state index in [1.165, 1.54) is 6.20 Å². The Hall–Kier alpha value is -1.58. The van der Waals surface area contributed by atoms with Gasteiger partial charge in [-0.1, -0.05) is 11.6 Å². The van der Waals surface area contributed by atoms with Crippen molar-refractivity contribution in [2.24, 2.45) is 5.73 Å². The molecule has 0 aliphatic carbocycles. The van der Waals surface area contributed by atoms with Crippen LogP contribution in [0.4, 0.5) is 5.69 Å². The van der Waals surface area contributed by atoms with E-state index >= 15 is 0 Å². The highest BCUT2D eigenvalue weighted by Crippen LogP contribution is 2.22. The number of ether oxygens (including phenoxy) is 1. The van der Waals surface area contributed by atoms with Crippen molar-refractivity contribution >= 4 is 57.8 Å². The number of aromatic nitrogens is 1. The predicted octanol–water partition coefficient (Wildman–Crippen LogP) is 3.07. The Morgan fingerprint density at radius 2 is 1.85 bits per heavy atom. The van der Waals surface area contributed by atoms with Crippen molar-refractivity contribution in [2.45, 2.75) is 12.5 Å². The van der Waals surface area contributed by atoms with Gasteiger partial charge in [0.05, 0.1) is 16.8 Å². The molecule has 2 aromatic rings. The molecule has 2 rings (SSSR count). The fourth-order valence-electron chi connectivity index (χ4n) is 1.86. The average molecular weight is 457 g/mol. The molecule has 0 saturated carbocycles. The lowest BCUT2D eigenvalue weighted by Crippen LogP contribution is -2.37. The molecular formula is C16H20Cl3N3O4S. The second-order valence-corrected chi connectivity index (χ2v) is 8.15. The van der Waals surface area contributed by atoms with E-state index in [4.69, 9.17) is 22.1 Å². The van der Waals surface area contributed by atoms with E-state index < -0.39 is 21.8 Å². The van der Waals surface area contributed by atoms with Crippen molar-refractivity contribution in [3.05, 3.63) is 47.6 Å². The van der Waals surface area contributed by atoms with Gasteiger partial charge in [-0.05, 0) is 36.8 Å². The van der Waals surface area contributed by atoms with Crippen LogP contribution in [0, 0.1) is 0 Å². The first-order valence-corrected chi connectivity index (χ1v) is 9.80. The molecule has 3 N–H and O–H groups in total. The molecule has 150 valence electrons. The van der Waals surface area contributed by atoms with E-state index in [9.17, 15) is 13.2 Å². The lowest BCUT2D eigenvalue weighted by atomic mass is 10.2. The molecule has 1 heterocycles. The minimum atomic E-state index is -3.15. The van der Waals surface area contributed by atoms with Crippen LogP contribution in [0.3, 0.4) is 0 Å². The van der Waals surface area contributed by atoms with Gasteiger partial charge in [-0.3, -0.25) is 4.79 Å². The first kappa shape index (κ1) is 25.4.